The largest absolute Gasteiger partial charge is 0.457 e. The van der Waals surface area contributed by atoms with Gasteiger partial charge in [-0.05, 0) is 43.3 Å². The van der Waals surface area contributed by atoms with Crippen molar-refractivity contribution in [3.63, 3.8) is 0 Å². The van der Waals surface area contributed by atoms with E-state index in [9.17, 15) is 8.42 Å². The van der Waals surface area contributed by atoms with Gasteiger partial charge in [0.25, 0.3) is 0 Å². The van der Waals surface area contributed by atoms with Gasteiger partial charge in [0, 0.05) is 38.0 Å². The molecule has 0 amide bonds. The van der Waals surface area contributed by atoms with Crippen LogP contribution < -0.4 is 4.74 Å². The lowest BCUT2D eigenvalue weighted by Crippen LogP contribution is -2.46. The van der Waals surface area contributed by atoms with Crippen molar-refractivity contribution < 1.29 is 17.9 Å². The minimum Gasteiger partial charge on any atom is -0.457 e. The molecule has 1 saturated heterocycles. The molecule has 0 radical (unpaired) electrons. The fourth-order valence-electron chi connectivity index (χ4n) is 3.17. The van der Waals surface area contributed by atoms with Crippen LogP contribution >= 0.6 is 12.6 Å². The second-order valence-corrected chi connectivity index (χ2v) is 9.24. The third kappa shape index (κ3) is 5.96. The van der Waals surface area contributed by atoms with E-state index in [1.807, 2.05) is 37.3 Å². The lowest BCUT2D eigenvalue weighted by atomic mass is 10.3. The maximum atomic E-state index is 13.3. The van der Waals surface area contributed by atoms with Gasteiger partial charge in [0.15, 0.2) is 0 Å². The molecule has 1 fully saturated rings. The van der Waals surface area contributed by atoms with Gasteiger partial charge >= 0.3 is 0 Å². The Bertz CT molecular complexity index is 854. The first kappa shape index (κ1) is 22.1. The van der Waals surface area contributed by atoms with Crippen molar-refractivity contribution in [2.45, 2.75) is 17.9 Å². The van der Waals surface area contributed by atoms with Crippen molar-refractivity contribution in [2.75, 3.05) is 45.1 Å². The molecule has 0 bridgehead atoms. The first-order valence-corrected chi connectivity index (χ1v) is 11.8. The average Bonchev–Trinajstić information content (AvgIpc) is 2.75. The zero-order chi connectivity index (χ0) is 20.7. The number of nitrogens with zero attached hydrogens (tertiary/aromatic N) is 2. The molecule has 1 unspecified atom stereocenters. The molecule has 0 saturated carbocycles. The number of para-hydroxylation sites is 1. The molecule has 29 heavy (non-hydrogen) atoms. The Labute approximate surface area is 178 Å². The number of ether oxygens (including phenoxy) is 2. The number of hydrogen-bond acceptors (Lipinski definition) is 6. The second-order valence-electron chi connectivity index (χ2n) is 6.99. The van der Waals surface area contributed by atoms with E-state index in [-0.39, 0.29) is 10.9 Å². The Morgan fingerprint density at radius 2 is 1.69 bits per heavy atom. The molecule has 0 aliphatic carbocycles. The summed E-state index contributed by atoms with van der Waals surface area (Å²) in [5.74, 6) is 1.76. The monoisotopic (exact) mass is 436 g/mol. The molecule has 6 nitrogen and oxygen atoms in total. The van der Waals surface area contributed by atoms with E-state index in [0.29, 0.717) is 43.6 Å². The van der Waals surface area contributed by atoms with Gasteiger partial charge in [-0.15, -0.1) is 0 Å². The van der Waals surface area contributed by atoms with Gasteiger partial charge in [-0.3, -0.25) is 4.90 Å². The highest BCUT2D eigenvalue weighted by atomic mass is 32.2. The van der Waals surface area contributed by atoms with Crippen molar-refractivity contribution in [3.8, 4) is 11.5 Å². The van der Waals surface area contributed by atoms with Gasteiger partial charge in [-0.1, -0.05) is 18.2 Å². The molecule has 2 aromatic carbocycles. The van der Waals surface area contributed by atoms with Crippen LogP contribution in [0, 0.1) is 0 Å². The normalized spacial score (nSPS) is 16.7. The molecule has 158 valence electrons. The minimum atomic E-state index is -3.63. The Hall–Kier alpha value is -1.58. The summed E-state index contributed by atoms with van der Waals surface area (Å²) in [6, 6.07) is 15.8. The van der Waals surface area contributed by atoms with Crippen LogP contribution in [-0.4, -0.2) is 68.8 Å². The minimum absolute atomic E-state index is 0.204. The molecular formula is C21H28N2O4S2. The predicted octanol–water partition coefficient (Wildman–Crippen LogP) is 3.12. The Kier molecular flexibility index (Phi) is 7.97. The number of thiol groups is 1. The molecule has 0 aromatic heterocycles. The second kappa shape index (κ2) is 10.4. The Balaban J connectivity index is 1.72. The smallest absolute Gasteiger partial charge is 0.243 e. The van der Waals surface area contributed by atoms with E-state index >= 15 is 0 Å². The van der Waals surface area contributed by atoms with Crippen molar-refractivity contribution in [1.82, 2.24) is 9.21 Å². The van der Waals surface area contributed by atoms with Gasteiger partial charge in [0.2, 0.25) is 10.0 Å². The molecule has 1 atom stereocenters. The molecule has 8 heteroatoms. The van der Waals surface area contributed by atoms with Crippen LogP contribution in [-0.2, 0) is 14.8 Å². The topological polar surface area (TPSA) is 59.1 Å². The summed E-state index contributed by atoms with van der Waals surface area (Å²) in [6.07, 6.45) is 0. The van der Waals surface area contributed by atoms with E-state index in [2.05, 4.69) is 17.5 Å². The molecule has 3 rings (SSSR count). The van der Waals surface area contributed by atoms with Crippen LogP contribution in [0.2, 0.25) is 0 Å². The van der Waals surface area contributed by atoms with Crippen LogP contribution in [0.15, 0.2) is 59.5 Å². The summed E-state index contributed by atoms with van der Waals surface area (Å²) in [5.41, 5.74) is 0. The first-order valence-electron chi connectivity index (χ1n) is 9.76. The van der Waals surface area contributed by atoms with E-state index < -0.39 is 10.0 Å². The molecule has 1 aliphatic heterocycles. The summed E-state index contributed by atoms with van der Waals surface area (Å²) in [6.45, 7) is 6.03. The quantitative estimate of drug-likeness (QED) is 0.612. The molecular weight excluding hydrogens is 408 g/mol. The van der Waals surface area contributed by atoms with Gasteiger partial charge in [0.1, 0.15) is 11.5 Å². The standard InChI is InChI=1S/C21H28N2O4S2/c1-18(17-28)23(12-11-22-13-15-26-16-14-22)29(24,25)21-9-7-20(8-10-21)27-19-5-3-2-4-6-19/h2-10,18,28H,11-17H2,1H3. The van der Waals surface area contributed by atoms with Gasteiger partial charge in [-0.2, -0.15) is 16.9 Å². The fourth-order valence-corrected chi connectivity index (χ4v) is 5.10. The molecule has 1 heterocycles. The predicted molar refractivity (Wildman–Crippen MR) is 117 cm³/mol. The lowest BCUT2D eigenvalue weighted by Gasteiger charge is -2.32. The van der Waals surface area contributed by atoms with Gasteiger partial charge in [0.05, 0.1) is 18.1 Å². The van der Waals surface area contributed by atoms with E-state index in [4.69, 9.17) is 9.47 Å². The summed E-state index contributed by atoms with van der Waals surface area (Å²) in [7, 11) is -3.63. The molecule has 1 aliphatic rings. The summed E-state index contributed by atoms with van der Waals surface area (Å²) >= 11 is 4.33. The van der Waals surface area contributed by atoms with Crippen LogP contribution in [0.4, 0.5) is 0 Å². The van der Waals surface area contributed by atoms with E-state index in [0.717, 1.165) is 13.1 Å². The van der Waals surface area contributed by atoms with Crippen LogP contribution in [0.3, 0.4) is 0 Å². The average molecular weight is 437 g/mol. The summed E-state index contributed by atoms with van der Waals surface area (Å²) in [5, 5.41) is 0. The highest BCUT2D eigenvalue weighted by molar-refractivity contribution is 7.89. The zero-order valence-electron chi connectivity index (χ0n) is 16.6. The molecule has 0 N–H and O–H groups in total. The van der Waals surface area contributed by atoms with Crippen LogP contribution in [0.5, 0.6) is 11.5 Å². The van der Waals surface area contributed by atoms with Crippen molar-refractivity contribution in [3.05, 3.63) is 54.6 Å². The van der Waals surface area contributed by atoms with Crippen LogP contribution in [0.1, 0.15) is 6.92 Å². The van der Waals surface area contributed by atoms with Gasteiger partial charge in [-0.25, -0.2) is 8.42 Å². The lowest BCUT2D eigenvalue weighted by molar-refractivity contribution is 0.0357. The number of sulfonamides is 1. The van der Waals surface area contributed by atoms with Crippen molar-refractivity contribution >= 4 is 22.7 Å². The number of hydrogen-bond donors (Lipinski definition) is 1. The van der Waals surface area contributed by atoms with E-state index in [1.165, 1.54) is 0 Å². The Morgan fingerprint density at radius 3 is 2.31 bits per heavy atom. The maximum absolute atomic E-state index is 13.3. The van der Waals surface area contributed by atoms with Gasteiger partial charge < -0.3 is 9.47 Å². The third-order valence-electron chi connectivity index (χ3n) is 4.91. The van der Waals surface area contributed by atoms with Crippen molar-refractivity contribution in [1.29, 1.82) is 0 Å². The maximum Gasteiger partial charge on any atom is 0.243 e. The first-order chi connectivity index (χ1) is 14.0. The number of benzene rings is 2. The fraction of sp³-hybridized carbons (Fsp3) is 0.429. The molecule has 0 spiro atoms. The number of morpholine rings is 1. The third-order valence-corrected chi connectivity index (χ3v) is 7.46. The SMILES string of the molecule is CC(CS)N(CCN1CCOCC1)S(=O)(=O)c1ccc(Oc2ccccc2)cc1. The van der Waals surface area contributed by atoms with E-state index in [1.54, 1.807) is 28.6 Å². The highest BCUT2D eigenvalue weighted by Gasteiger charge is 2.29. The highest BCUT2D eigenvalue weighted by Crippen LogP contribution is 2.25. The zero-order valence-corrected chi connectivity index (χ0v) is 18.3. The number of rotatable bonds is 9. The Morgan fingerprint density at radius 1 is 1.07 bits per heavy atom. The van der Waals surface area contributed by atoms with Crippen molar-refractivity contribution in [2.24, 2.45) is 0 Å². The summed E-state index contributed by atoms with van der Waals surface area (Å²) < 4.78 is 39.2. The van der Waals surface area contributed by atoms with Crippen LogP contribution in [0.25, 0.3) is 0 Å². The summed E-state index contributed by atoms with van der Waals surface area (Å²) in [4.78, 5) is 2.49. The molecule has 2 aromatic rings.